The van der Waals surface area contributed by atoms with Gasteiger partial charge in [-0.2, -0.15) is 0 Å². The van der Waals surface area contributed by atoms with E-state index >= 15 is 0 Å². The molecule has 2 amide bonds. The molecule has 1 aliphatic rings. The predicted molar refractivity (Wildman–Crippen MR) is 122 cm³/mol. The van der Waals surface area contributed by atoms with Crippen molar-refractivity contribution in [3.8, 4) is 11.5 Å². The second kappa shape index (κ2) is 10.7. The number of anilines is 1. The molecule has 0 radical (unpaired) electrons. The molecule has 31 heavy (non-hydrogen) atoms. The molecule has 2 aromatic carbocycles. The summed E-state index contributed by atoms with van der Waals surface area (Å²) < 4.78 is 11.4. The van der Waals surface area contributed by atoms with Gasteiger partial charge < -0.3 is 20.1 Å². The third kappa shape index (κ3) is 6.10. The maximum Gasteiger partial charge on any atom is 0.244 e. The summed E-state index contributed by atoms with van der Waals surface area (Å²) >= 11 is 0. The van der Waals surface area contributed by atoms with E-state index in [4.69, 9.17) is 9.47 Å². The summed E-state index contributed by atoms with van der Waals surface area (Å²) in [6.45, 7) is 7.10. The van der Waals surface area contributed by atoms with Gasteiger partial charge in [-0.1, -0.05) is 25.1 Å². The van der Waals surface area contributed by atoms with Gasteiger partial charge in [0.2, 0.25) is 11.8 Å². The third-order valence-corrected chi connectivity index (χ3v) is 5.04. The summed E-state index contributed by atoms with van der Waals surface area (Å²) in [5, 5.41) is 5.87. The summed E-state index contributed by atoms with van der Waals surface area (Å²) in [7, 11) is 0. The molecule has 2 aromatic rings. The number of ether oxygens (including phenoxy) is 2. The zero-order valence-corrected chi connectivity index (χ0v) is 18.4. The zero-order chi connectivity index (χ0) is 22.2. The molecule has 2 N–H and O–H groups in total. The van der Waals surface area contributed by atoms with Crippen LogP contribution in [0.2, 0.25) is 0 Å². The van der Waals surface area contributed by atoms with Crippen LogP contribution < -0.4 is 20.1 Å². The first-order valence-corrected chi connectivity index (χ1v) is 10.8. The Morgan fingerprint density at radius 3 is 2.74 bits per heavy atom. The fourth-order valence-electron chi connectivity index (χ4n) is 3.42. The molecule has 0 fully saturated rings. The second-order valence-electron chi connectivity index (χ2n) is 7.52. The molecule has 0 bridgehead atoms. The molecule has 0 saturated heterocycles. The Morgan fingerprint density at radius 2 is 1.97 bits per heavy atom. The zero-order valence-electron chi connectivity index (χ0n) is 18.4. The molecule has 0 spiro atoms. The monoisotopic (exact) mass is 422 g/mol. The lowest BCUT2D eigenvalue weighted by Gasteiger charge is -2.20. The van der Waals surface area contributed by atoms with Crippen molar-refractivity contribution in [1.82, 2.24) is 5.32 Å². The van der Waals surface area contributed by atoms with Crippen LogP contribution in [-0.2, 0) is 16.0 Å². The van der Waals surface area contributed by atoms with E-state index in [-0.39, 0.29) is 17.9 Å². The van der Waals surface area contributed by atoms with Gasteiger partial charge in [0, 0.05) is 18.2 Å². The van der Waals surface area contributed by atoms with E-state index in [1.54, 1.807) is 6.08 Å². The number of hydrogen-bond donors (Lipinski definition) is 2. The summed E-state index contributed by atoms with van der Waals surface area (Å²) in [6, 6.07) is 11.4. The number of rotatable bonds is 9. The van der Waals surface area contributed by atoms with Crippen molar-refractivity contribution in [3.63, 3.8) is 0 Å². The average Bonchev–Trinajstić information content (AvgIpc) is 2.76. The number of nitrogens with one attached hydrogen (secondary N) is 2. The molecule has 0 saturated carbocycles. The van der Waals surface area contributed by atoms with E-state index in [0.29, 0.717) is 31.1 Å². The van der Waals surface area contributed by atoms with Crippen molar-refractivity contribution in [2.24, 2.45) is 0 Å². The lowest BCUT2D eigenvalue weighted by molar-refractivity contribution is -0.117. The largest absolute Gasteiger partial charge is 0.490 e. The molecule has 1 atom stereocenters. The van der Waals surface area contributed by atoms with Crippen LogP contribution in [0.3, 0.4) is 0 Å². The Labute approximate surface area is 183 Å². The van der Waals surface area contributed by atoms with Crippen LogP contribution in [0.25, 0.3) is 6.08 Å². The van der Waals surface area contributed by atoms with Gasteiger partial charge in [0.25, 0.3) is 0 Å². The van der Waals surface area contributed by atoms with Crippen molar-refractivity contribution < 1.29 is 19.1 Å². The van der Waals surface area contributed by atoms with Crippen molar-refractivity contribution >= 4 is 23.6 Å². The van der Waals surface area contributed by atoms with Gasteiger partial charge in [-0.05, 0) is 67.7 Å². The first-order chi connectivity index (χ1) is 15.0. The average molecular weight is 423 g/mol. The second-order valence-corrected chi connectivity index (χ2v) is 7.52. The van der Waals surface area contributed by atoms with Crippen molar-refractivity contribution in [2.75, 3.05) is 18.5 Å². The highest BCUT2D eigenvalue weighted by molar-refractivity contribution is 5.94. The smallest absolute Gasteiger partial charge is 0.244 e. The first kappa shape index (κ1) is 22.4. The lowest BCUT2D eigenvalue weighted by atomic mass is 9.98. The van der Waals surface area contributed by atoms with Crippen molar-refractivity contribution in [1.29, 1.82) is 0 Å². The molecule has 1 unspecified atom stereocenters. The minimum atomic E-state index is -0.178. The number of aryl methyl sites for hydroxylation is 1. The molecule has 3 rings (SSSR count). The lowest BCUT2D eigenvalue weighted by Crippen LogP contribution is -2.25. The maximum atomic E-state index is 12.4. The molecular formula is C25H30N2O4. The van der Waals surface area contributed by atoms with Gasteiger partial charge in [-0.3, -0.25) is 9.59 Å². The van der Waals surface area contributed by atoms with Crippen LogP contribution in [-0.4, -0.2) is 25.0 Å². The van der Waals surface area contributed by atoms with Crippen molar-refractivity contribution in [3.05, 3.63) is 59.2 Å². The highest BCUT2D eigenvalue weighted by Gasteiger charge is 2.16. The molecule has 1 aliphatic heterocycles. The molecule has 6 nitrogen and oxygen atoms in total. The van der Waals surface area contributed by atoms with Crippen LogP contribution in [0.4, 0.5) is 5.69 Å². The van der Waals surface area contributed by atoms with Gasteiger partial charge in [0.1, 0.15) is 0 Å². The summed E-state index contributed by atoms with van der Waals surface area (Å²) in [6.07, 6.45) is 5.41. The predicted octanol–water partition coefficient (Wildman–Crippen LogP) is 4.65. The molecule has 164 valence electrons. The Bertz CT molecular complexity index is 968. The van der Waals surface area contributed by atoms with Gasteiger partial charge >= 0.3 is 0 Å². The summed E-state index contributed by atoms with van der Waals surface area (Å²) in [5.74, 6) is 1.25. The minimum absolute atomic E-state index is 0.0455. The maximum absolute atomic E-state index is 12.4. The first-order valence-electron chi connectivity index (χ1n) is 10.8. The topological polar surface area (TPSA) is 76.7 Å². The number of carbonyl (C=O) groups is 2. The van der Waals surface area contributed by atoms with Crippen LogP contribution >= 0.6 is 0 Å². The number of benzene rings is 2. The van der Waals surface area contributed by atoms with E-state index < -0.39 is 0 Å². The standard InChI is InChI=1S/C25H30N2O4/c1-4-14-31-22-11-6-18(15-23(22)30-5-2)7-12-24(28)26-17(3)19-8-10-21-20(16-19)9-13-25(29)27-21/h6-8,10-12,15-17H,4-5,9,13-14H2,1-3H3,(H,26,28)(H,27,29). The fourth-order valence-corrected chi connectivity index (χ4v) is 3.42. The van der Waals surface area contributed by atoms with Gasteiger partial charge in [0.15, 0.2) is 11.5 Å². The molecule has 6 heteroatoms. The van der Waals surface area contributed by atoms with E-state index in [1.165, 1.54) is 6.08 Å². The molecule has 0 aliphatic carbocycles. The Kier molecular flexibility index (Phi) is 7.70. The Morgan fingerprint density at radius 1 is 1.13 bits per heavy atom. The number of fused-ring (bicyclic) bond motifs is 1. The number of hydrogen-bond acceptors (Lipinski definition) is 4. The third-order valence-electron chi connectivity index (χ3n) is 5.04. The molecule has 1 heterocycles. The summed E-state index contributed by atoms with van der Waals surface area (Å²) in [5.41, 5.74) is 3.82. The quantitative estimate of drug-likeness (QED) is 0.577. The van der Waals surface area contributed by atoms with Crippen molar-refractivity contribution in [2.45, 2.75) is 46.1 Å². The molecular weight excluding hydrogens is 392 g/mol. The van der Waals surface area contributed by atoms with Crippen LogP contribution in [0.5, 0.6) is 11.5 Å². The SMILES string of the molecule is CCCOc1ccc(C=CC(=O)NC(C)c2ccc3c(c2)CCC(=O)N3)cc1OCC. The van der Waals surface area contributed by atoms with Crippen LogP contribution in [0, 0.1) is 0 Å². The number of carbonyl (C=O) groups excluding carboxylic acids is 2. The van der Waals surface area contributed by atoms with E-state index in [9.17, 15) is 9.59 Å². The highest BCUT2D eigenvalue weighted by Crippen LogP contribution is 2.29. The van der Waals surface area contributed by atoms with Crippen LogP contribution in [0.15, 0.2) is 42.5 Å². The van der Waals surface area contributed by atoms with E-state index in [1.807, 2.05) is 50.2 Å². The van der Waals surface area contributed by atoms with Crippen LogP contribution in [0.1, 0.15) is 56.3 Å². The van der Waals surface area contributed by atoms with Gasteiger partial charge in [0.05, 0.1) is 19.3 Å². The van der Waals surface area contributed by atoms with E-state index in [2.05, 4.69) is 17.6 Å². The highest BCUT2D eigenvalue weighted by atomic mass is 16.5. The summed E-state index contributed by atoms with van der Waals surface area (Å²) in [4.78, 5) is 24.0. The van der Waals surface area contributed by atoms with Gasteiger partial charge in [-0.25, -0.2) is 0 Å². The number of amides is 2. The Hall–Kier alpha value is -3.28. The molecule has 0 aromatic heterocycles. The fraction of sp³-hybridized carbons (Fsp3) is 0.360. The normalized spacial score (nSPS) is 14.0. The van der Waals surface area contributed by atoms with E-state index in [0.717, 1.165) is 35.2 Å². The Balaban J connectivity index is 1.63. The minimum Gasteiger partial charge on any atom is -0.490 e. The van der Waals surface area contributed by atoms with Gasteiger partial charge in [-0.15, -0.1) is 0 Å².